The van der Waals surface area contributed by atoms with Gasteiger partial charge in [0, 0.05) is 19.6 Å². The van der Waals surface area contributed by atoms with E-state index in [-0.39, 0.29) is 16.6 Å². The Morgan fingerprint density at radius 1 is 1.39 bits per heavy atom. The van der Waals surface area contributed by atoms with Crippen LogP contribution in [0.5, 0.6) is 5.75 Å². The molecule has 0 spiro atoms. The Morgan fingerprint density at radius 3 is 2.70 bits per heavy atom. The average molecular weight is 359 g/mol. The van der Waals surface area contributed by atoms with Gasteiger partial charge in [-0.05, 0) is 43.3 Å². The van der Waals surface area contributed by atoms with E-state index in [2.05, 4.69) is 10.6 Å². The molecule has 1 saturated heterocycles. The fraction of sp³-hybridized carbons (Fsp3) is 0.500. The Bertz CT molecular complexity index is 658. The third-order valence-electron chi connectivity index (χ3n) is 3.52. The van der Waals surface area contributed by atoms with Crippen molar-refractivity contribution in [3.63, 3.8) is 0 Å². The van der Waals surface area contributed by atoms with E-state index in [0.717, 1.165) is 12.8 Å². The maximum absolute atomic E-state index is 12.6. The van der Waals surface area contributed by atoms with Crippen LogP contribution in [0.25, 0.3) is 0 Å². The normalized spacial score (nSPS) is 15.4. The van der Waals surface area contributed by atoms with Gasteiger partial charge < -0.3 is 20.5 Å². The van der Waals surface area contributed by atoms with Gasteiger partial charge in [-0.15, -0.1) is 0 Å². The molecule has 1 aromatic carbocycles. The van der Waals surface area contributed by atoms with Crippen LogP contribution < -0.4 is 15.4 Å². The van der Waals surface area contributed by atoms with Gasteiger partial charge in [0.2, 0.25) is 10.0 Å². The molecule has 0 atom stereocenters. The summed E-state index contributed by atoms with van der Waals surface area (Å²) in [6, 6.07) is 4.64. The van der Waals surface area contributed by atoms with Crippen molar-refractivity contribution in [2.75, 3.05) is 38.7 Å². The second kappa shape index (κ2) is 7.91. The number of thiocarbonyl (C=S) groups is 1. The third kappa shape index (κ3) is 4.31. The number of hydrogen-bond acceptors (Lipinski definition) is 5. The molecule has 1 aliphatic heterocycles. The number of aliphatic hydroxyl groups is 1. The molecule has 1 aromatic rings. The summed E-state index contributed by atoms with van der Waals surface area (Å²) in [5.74, 6) is 0.485. The summed E-state index contributed by atoms with van der Waals surface area (Å²) in [6.07, 6.45) is 1.77. The minimum absolute atomic E-state index is 0.0532. The third-order valence-corrected chi connectivity index (χ3v) is 5.66. The van der Waals surface area contributed by atoms with Crippen molar-refractivity contribution in [3.05, 3.63) is 18.2 Å². The number of nitrogens with zero attached hydrogens (tertiary/aromatic N) is 1. The Hall–Kier alpha value is -1.42. The van der Waals surface area contributed by atoms with Gasteiger partial charge in [-0.2, -0.15) is 4.31 Å². The number of nitrogens with one attached hydrogen (secondary N) is 2. The number of rotatable bonds is 6. The van der Waals surface area contributed by atoms with Crippen LogP contribution in [-0.4, -0.2) is 56.3 Å². The lowest BCUT2D eigenvalue weighted by Crippen LogP contribution is -2.31. The van der Waals surface area contributed by atoms with Gasteiger partial charge in [0.1, 0.15) is 5.75 Å². The van der Waals surface area contributed by atoms with Crippen LogP contribution >= 0.6 is 12.2 Å². The summed E-state index contributed by atoms with van der Waals surface area (Å²) in [5, 5.41) is 14.8. The standard InChI is InChI=1S/C14H21N3O4S2/c1-21-13-5-4-11(23(19,20)17-7-2-3-8-17)10-12(13)16-14(22)15-6-9-18/h4-5,10,18H,2-3,6-9H2,1H3,(H2,15,16,22). The van der Waals surface area contributed by atoms with Crippen molar-refractivity contribution in [1.29, 1.82) is 0 Å². The largest absolute Gasteiger partial charge is 0.495 e. The monoisotopic (exact) mass is 359 g/mol. The van der Waals surface area contributed by atoms with Crippen molar-refractivity contribution in [2.45, 2.75) is 17.7 Å². The Kier molecular flexibility index (Phi) is 6.17. The lowest BCUT2D eigenvalue weighted by Gasteiger charge is -2.18. The van der Waals surface area contributed by atoms with Gasteiger partial charge in [-0.25, -0.2) is 8.42 Å². The smallest absolute Gasteiger partial charge is 0.243 e. The quantitative estimate of drug-likeness (QED) is 0.646. The topological polar surface area (TPSA) is 90.9 Å². The summed E-state index contributed by atoms with van der Waals surface area (Å²) in [4.78, 5) is 0.202. The Morgan fingerprint density at radius 2 is 2.09 bits per heavy atom. The summed E-state index contributed by atoms with van der Waals surface area (Å²) in [5.41, 5.74) is 0.461. The number of benzene rings is 1. The van der Waals surface area contributed by atoms with E-state index in [1.165, 1.54) is 23.5 Å². The molecule has 0 bridgehead atoms. The molecule has 0 aromatic heterocycles. The van der Waals surface area contributed by atoms with Gasteiger partial charge in [-0.1, -0.05) is 0 Å². The molecule has 1 fully saturated rings. The highest BCUT2D eigenvalue weighted by atomic mass is 32.2. The van der Waals surface area contributed by atoms with Crippen molar-refractivity contribution >= 4 is 33.0 Å². The first-order chi connectivity index (χ1) is 11.0. The molecular weight excluding hydrogens is 338 g/mol. The zero-order valence-electron chi connectivity index (χ0n) is 12.9. The summed E-state index contributed by atoms with van der Waals surface area (Å²) >= 11 is 5.10. The van der Waals surface area contributed by atoms with E-state index in [4.69, 9.17) is 22.1 Å². The van der Waals surface area contributed by atoms with Crippen LogP contribution in [0.1, 0.15) is 12.8 Å². The van der Waals surface area contributed by atoms with Crippen LogP contribution in [0.2, 0.25) is 0 Å². The molecule has 0 aliphatic carbocycles. The molecule has 0 saturated carbocycles. The molecule has 3 N–H and O–H groups in total. The molecule has 1 heterocycles. The van der Waals surface area contributed by atoms with Gasteiger partial charge in [0.15, 0.2) is 5.11 Å². The molecule has 0 amide bonds. The van der Waals surface area contributed by atoms with Crippen molar-refractivity contribution in [1.82, 2.24) is 9.62 Å². The molecule has 9 heteroatoms. The van der Waals surface area contributed by atoms with Crippen molar-refractivity contribution in [3.8, 4) is 5.75 Å². The number of aliphatic hydroxyl groups excluding tert-OH is 1. The first-order valence-corrected chi connectivity index (χ1v) is 9.18. The maximum atomic E-state index is 12.6. The lowest BCUT2D eigenvalue weighted by atomic mass is 10.3. The van der Waals surface area contributed by atoms with E-state index >= 15 is 0 Å². The number of anilines is 1. The highest BCUT2D eigenvalue weighted by molar-refractivity contribution is 7.89. The predicted octanol–water partition coefficient (Wildman–Crippen LogP) is 0.758. The Balaban J connectivity index is 2.26. The van der Waals surface area contributed by atoms with E-state index in [1.807, 2.05) is 0 Å². The number of hydrogen-bond donors (Lipinski definition) is 3. The van der Waals surface area contributed by atoms with Gasteiger partial charge >= 0.3 is 0 Å². The van der Waals surface area contributed by atoms with Crippen molar-refractivity contribution < 1.29 is 18.3 Å². The minimum Gasteiger partial charge on any atom is -0.495 e. The zero-order chi connectivity index (χ0) is 16.9. The fourth-order valence-electron chi connectivity index (χ4n) is 2.36. The van der Waals surface area contributed by atoms with E-state index in [1.54, 1.807) is 6.07 Å². The van der Waals surface area contributed by atoms with Crippen LogP contribution in [0.3, 0.4) is 0 Å². The molecular formula is C14H21N3O4S2. The minimum atomic E-state index is -3.50. The molecule has 0 unspecified atom stereocenters. The molecule has 128 valence electrons. The maximum Gasteiger partial charge on any atom is 0.243 e. The second-order valence-corrected chi connectivity index (χ2v) is 7.42. The predicted molar refractivity (Wildman–Crippen MR) is 92.3 cm³/mol. The lowest BCUT2D eigenvalue weighted by molar-refractivity contribution is 0.300. The molecule has 7 nitrogen and oxygen atoms in total. The highest BCUT2D eigenvalue weighted by Gasteiger charge is 2.27. The van der Waals surface area contributed by atoms with Crippen LogP contribution in [-0.2, 0) is 10.0 Å². The molecule has 2 rings (SSSR count). The van der Waals surface area contributed by atoms with Crippen molar-refractivity contribution in [2.24, 2.45) is 0 Å². The molecule has 1 aliphatic rings. The van der Waals surface area contributed by atoms with E-state index < -0.39 is 10.0 Å². The summed E-state index contributed by atoms with van der Waals surface area (Å²) in [7, 11) is -2.01. The fourth-order valence-corrected chi connectivity index (χ4v) is 4.11. The molecule has 23 heavy (non-hydrogen) atoms. The van der Waals surface area contributed by atoms with E-state index in [0.29, 0.717) is 31.1 Å². The summed E-state index contributed by atoms with van der Waals surface area (Å²) < 4.78 is 32.0. The van der Waals surface area contributed by atoms with Crippen LogP contribution in [0, 0.1) is 0 Å². The first-order valence-electron chi connectivity index (χ1n) is 7.33. The zero-order valence-corrected chi connectivity index (χ0v) is 14.5. The molecule has 0 radical (unpaired) electrons. The van der Waals surface area contributed by atoms with Gasteiger partial charge in [-0.3, -0.25) is 0 Å². The second-order valence-electron chi connectivity index (χ2n) is 5.08. The van der Waals surface area contributed by atoms with Gasteiger partial charge in [0.25, 0.3) is 0 Å². The number of ether oxygens (including phenoxy) is 1. The van der Waals surface area contributed by atoms with Crippen LogP contribution in [0.4, 0.5) is 5.69 Å². The van der Waals surface area contributed by atoms with E-state index in [9.17, 15) is 8.42 Å². The van der Waals surface area contributed by atoms with Crippen LogP contribution in [0.15, 0.2) is 23.1 Å². The SMILES string of the molecule is COc1ccc(S(=O)(=O)N2CCCC2)cc1NC(=S)NCCO. The first kappa shape index (κ1) is 17.9. The number of sulfonamides is 1. The summed E-state index contributed by atoms with van der Waals surface area (Å²) in [6.45, 7) is 1.35. The number of methoxy groups -OCH3 is 1. The Labute approximate surface area is 141 Å². The highest BCUT2D eigenvalue weighted by Crippen LogP contribution is 2.30. The average Bonchev–Trinajstić information content (AvgIpc) is 3.08. The van der Waals surface area contributed by atoms with Gasteiger partial charge in [0.05, 0.1) is 24.3 Å².